The van der Waals surface area contributed by atoms with Crippen LogP contribution in [0.15, 0.2) is 12.1 Å². The largest absolute Gasteiger partial charge is 0.494 e. The predicted octanol–water partition coefficient (Wildman–Crippen LogP) is 1.88. The molecule has 2 N–H and O–H groups in total. The van der Waals surface area contributed by atoms with Crippen LogP contribution in [0.25, 0.3) is 11.0 Å². The van der Waals surface area contributed by atoms with Gasteiger partial charge in [-0.25, -0.2) is 9.37 Å². The van der Waals surface area contributed by atoms with E-state index in [9.17, 15) is 27.2 Å². The molecule has 2 heterocycles. The molecule has 1 aliphatic rings. The summed E-state index contributed by atoms with van der Waals surface area (Å²) in [5.41, 5.74) is -4.15. The monoisotopic (exact) mass is 360 g/mol. The minimum Gasteiger partial charge on any atom is -0.494 e. The number of aromatic nitrogens is 2. The Morgan fingerprint density at radius 3 is 2.68 bits per heavy atom. The van der Waals surface area contributed by atoms with Crippen molar-refractivity contribution >= 4 is 28.8 Å². The number of rotatable bonds is 3. The molecule has 0 radical (unpaired) electrons. The summed E-state index contributed by atoms with van der Waals surface area (Å²) < 4.78 is 61.1. The molecule has 2 amide bonds. The number of hydrogen-bond acceptors (Lipinski definition) is 4. The number of fused-ring (bicyclic) bond motifs is 3. The maximum absolute atomic E-state index is 14.3. The second-order valence-electron chi connectivity index (χ2n) is 5.28. The molecule has 134 valence electrons. The number of methoxy groups -OCH3 is 1. The van der Waals surface area contributed by atoms with E-state index in [0.29, 0.717) is 4.57 Å². The number of anilines is 1. The molecule has 0 saturated heterocycles. The second-order valence-corrected chi connectivity index (χ2v) is 5.28. The molecular formula is C14H12F4N4O3. The topological polar surface area (TPSA) is 85.2 Å². The molecule has 25 heavy (non-hydrogen) atoms. The number of alkyl halides is 3. The first-order valence-corrected chi connectivity index (χ1v) is 7.12. The minimum atomic E-state index is -5.20. The van der Waals surface area contributed by atoms with Crippen LogP contribution < -0.4 is 15.4 Å². The lowest BCUT2D eigenvalue weighted by Crippen LogP contribution is -2.63. The van der Waals surface area contributed by atoms with Crippen molar-refractivity contribution in [3.8, 4) is 5.75 Å². The van der Waals surface area contributed by atoms with Gasteiger partial charge in [-0.1, -0.05) is 6.92 Å². The third-order valence-corrected chi connectivity index (χ3v) is 3.89. The number of nitrogens with zero attached hydrogens (tertiary/aromatic N) is 2. The fourth-order valence-corrected chi connectivity index (χ4v) is 2.70. The van der Waals surface area contributed by atoms with Crippen molar-refractivity contribution in [2.45, 2.75) is 25.2 Å². The Morgan fingerprint density at radius 2 is 2.12 bits per heavy atom. The Morgan fingerprint density at radius 1 is 1.44 bits per heavy atom. The summed E-state index contributed by atoms with van der Waals surface area (Å²) in [5.74, 6) is -4.25. The first kappa shape index (κ1) is 17.0. The average Bonchev–Trinajstić information content (AvgIpc) is 3.03. The van der Waals surface area contributed by atoms with Gasteiger partial charge in [0.05, 0.1) is 12.6 Å². The number of carbonyl (C=O) groups is 2. The number of carbonyl (C=O) groups excluding carboxylic acids is 2. The van der Waals surface area contributed by atoms with Gasteiger partial charge in [-0.2, -0.15) is 13.2 Å². The molecule has 1 unspecified atom stereocenters. The van der Waals surface area contributed by atoms with E-state index in [0.717, 1.165) is 12.1 Å². The number of nitrogens with one attached hydrogen (secondary N) is 2. The summed E-state index contributed by atoms with van der Waals surface area (Å²) in [6.45, 7) is 1.34. The van der Waals surface area contributed by atoms with Crippen LogP contribution in [0.3, 0.4) is 0 Å². The van der Waals surface area contributed by atoms with Crippen molar-refractivity contribution < 1.29 is 31.9 Å². The molecule has 3 rings (SSSR count). The molecule has 0 saturated carbocycles. The van der Waals surface area contributed by atoms with E-state index >= 15 is 0 Å². The van der Waals surface area contributed by atoms with E-state index in [-0.39, 0.29) is 17.7 Å². The van der Waals surface area contributed by atoms with Crippen LogP contribution in [0, 0.1) is 5.82 Å². The van der Waals surface area contributed by atoms with E-state index in [1.165, 1.54) is 14.0 Å². The number of halogens is 4. The van der Waals surface area contributed by atoms with Crippen LogP contribution in [-0.4, -0.2) is 34.7 Å². The number of imidazole rings is 1. The third-order valence-electron chi connectivity index (χ3n) is 3.89. The molecule has 0 aliphatic carbocycles. The van der Waals surface area contributed by atoms with Crippen LogP contribution >= 0.6 is 0 Å². The van der Waals surface area contributed by atoms with Crippen molar-refractivity contribution in [3.05, 3.63) is 17.9 Å². The SMILES string of the molecule is CCC(=O)NC1(C(F)(F)F)C(=O)Nc2nc3c(F)c(OC)ccc3n21. The zero-order chi connectivity index (χ0) is 18.6. The molecule has 1 aliphatic heterocycles. The Kier molecular flexibility index (Phi) is 3.62. The predicted molar refractivity (Wildman–Crippen MR) is 77.3 cm³/mol. The normalized spacial score (nSPS) is 19.7. The fraction of sp³-hybridized carbons (Fsp3) is 0.357. The Hall–Kier alpha value is -2.85. The van der Waals surface area contributed by atoms with Crippen molar-refractivity contribution in [1.82, 2.24) is 14.9 Å². The van der Waals surface area contributed by atoms with E-state index in [4.69, 9.17) is 4.74 Å². The number of hydrogen-bond donors (Lipinski definition) is 2. The molecule has 1 aromatic carbocycles. The summed E-state index contributed by atoms with van der Waals surface area (Å²) in [4.78, 5) is 27.5. The molecule has 1 atom stereocenters. The molecule has 0 spiro atoms. The van der Waals surface area contributed by atoms with E-state index in [1.807, 2.05) is 5.32 Å². The van der Waals surface area contributed by atoms with Crippen LogP contribution in [0.5, 0.6) is 5.75 Å². The standard InChI is InChI=1S/C14H12F4N4O3/c1-3-8(23)21-13(14(16,17)18)11(24)20-12-19-10-6(22(12)13)4-5-7(25-2)9(10)15/h4-5H,3H2,1-2H3,(H,21,23)(H,19,20,24). The molecule has 1 aromatic heterocycles. The molecule has 11 heteroatoms. The Labute approximate surface area is 137 Å². The minimum absolute atomic E-state index is 0.217. The maximum Gasteiger partial charge on any atom is 0.440 e. The molecular weight excluding hydrogens is 348 g/mol. The molecule has 0 bridgehead atoms. The smallest absolute Gasteiger partial charge is 0.440 e. The quantitative estimate of drug-likeness (QED) is 0.819. The second kappa shape index (κ2) is 5.33. The van der Waals surface area contributed by atoms with Crippen LogP contribution in [0.2, 0.25) is 0 Å². The maximum atomic E-state index is 14.3. The third kappa shape index (κ3) is 2.14. The van der Waals surface area contributed by atoms with Crippen molar-refractivity contribution in [1.29, 1.82) is 0 Å². The first-order valence-electron chi connectivity index (χ1n) is 7.12. The highest BCUT2D eigenvalue weighted by Crippen LogP contribution is 2.44. The van der Waals surface area contributed by atoms with Crippen LogP contribution in [0.1, 0.15) is 13.3 Å². The van der Waals surface area contributed by atoms with Gasteiger partial charge in [0.15, 0.2) is 11.6 Å². The number of ether oxygens (including phenoxy) is 1. The number of amides is 2. The van der Waals surface area contributed by atoms with Gasteiger partial charge in [-0.15, -0.1) is 0 Å². The lowest BCUT2D eigenvalue weighted by atomic mass is 10.1. The van der Waals surface area contributed by atoms with Crippen LogP contribution in [-0.2, 0) is 15.3 Å². The van der Waals surface area contributed by atoms with Gasteiger partial charge in [0, 0.05) is 6.42 Å². The van der Waals surface area contributed by atoms with Gasteiger partial charge in [-0.05, 0) is 12.1 Å². The van der Waals surface area contributed by atoms with Gasteiger partial charge >= 0.3 is 6.18 Å². The van der Waals surface area contributed by atoms with Gasteiger partial charge < -0.3 is 10.1 Å². The van der Waals surface area contributed by atoms with Crippen molar-refractivity contribution in [2.24, 2.45) is 0 Å². The summed E-state index contributed by atoms with van der Waals surface area (Å²) >= 11 is 0. The van der Waals surface area contributed by atoms with E-state index in [1.54, 1.807) is 5.32 Å². The zero-order valence-electron chi connectivity index (χ0n) is 13.0. The fourth-order valence-electron chi connectivity index (χ4n) is 2.70. The summed E-state index contributed by atoms with van der Waals surface area (Å²) in [6.07, 6.45) is -5.48. The molecule has 2 aromatic rings. The van der Waals surface area contributed by atoms with Gasteiger partial charge in [0.1, 0.15) is 5.52 Å². The highest BCUT2D eigenvalue weighted by Gasteiger charge is 2.67. The highest BCUT2D eigenvalue weighted by molar-refractivity contribution is 6.05. The van der Waals surface area contributed by atoms with E-state index in [2.05, 4.69) is 4.98 Å². The van der Waals surface area contributed by atoms with Crippen molar-refractivity contribution in [2.75, 3.05) is 12.4 Å². The van der Waals surface area contributed by atoms with Gasteiger partial charge in [0.2, 0.25) is 11.9 Å². The van der Waals surface area contributed by atoms with Gasteiger partial charge in [0.25, 0.3) is 11.6 Å². The zero-order valence-corrected chi connectivity index (χ0v) is 13.0. The van der Waals surface area contributed by atoms with E-state index < -0.39 is 40.9 Å². The summed E-state index contributed by atoms with van der Waals surface area (Å²) in [5, 5.41) is 3.66. The molecule has 0 fully saturated rings. The van der Waals surface area contributed by atoms with Crippen molar-refractivity contribution in [3.63, 3.8) is 0 Å². The average molecular weight is 360 g/mol. The lowest BCUT2D eigenvalue weighted by molar-refractivity contribution is -0.217. The van der Waals surface area contributed by atoms with Crippen LogP contribution in [0.4, 0.5) is 23.5 Å². The van der Waals surface area contributed by atoms with Gasteiger partial charge in [-0.3, -0.25) is 19.5 Å². The number of benzene rings is 1. The lowest BCUT2D eigenvalue weighted by Gasteiger charge is -2.31. The highest BCUT2D eigenvalue weighted by atomic mass is 19.4. The summed E-state index contributed by atoms with van der Waals surface area (Å²) in [7, 11) is 1.19. The Balaban J connectivity index is 2.34. The summed E-state index contributed by atoms with van der Waals surface area (Å²) in [6, 6.07) is 2.24. The Bertz CT molecular complexity index is 892. The first-order chi connectivity index (χ1) is 11.7. The molecule has 7 nitrogen and oxygen atoms in total.